The number of aromatic carboxylic acids is 1. The topological polar surface area (TPSA) is 93.4 Å². The van der Waals surface area contributed by atoms with Gasteiger partial charge >= 0.3 is 5.97 Å². The van der Waals surface area contributed by atoms with Crippen molar-refractivity contribution in [2.75, 3.05) is 0 Å². The molecule has 2 rings (SSSR count). The maximum absolute atomic E-state index is 12.3. The van der Waals surface area contributed by atoms with Crippen molar-refractivity contribution >= 4 is 22.3 Å². The molecule has 6 nitrogen and oxygen atoms in total. The van der Waals surface area contributed by atoms with Crippen molar-refractivity contribution in [3.8, 4) is 0 Å². The molecule has 1 aromatic heterocycles. The Balaban J connectivity index is 2.69. The molecule has 1 heterocycles. The van der Waals surface area contributed by atoms with E-state index in [2.05, 4.69) is 0 Å². The van der Waals surface area contributed by atoms with Crippen LogP contribution in [0.15, 0.2) is 47.5 Å². The molecule has 0 radical (unpaired) electrons. The van der Waals surface area contributed by atoms with Gasteiger partial charge in [-0.1, -0.05) is 18.2 Å². The Hall–Kier alpha value is -2.41. The third-order valence-corrected chi connectivity index (χ3v) is 4.28. The fraction of sp³-hybridized carbons (Fsp3) is 0. The van der Waals surface area contributed by atoms with Gasteiger partial charge in [0, 0.05) is 11.8 Å². The number of carboxylic acids is 1. The van der Waals surface area contributed by atoms with Gasteiger partial charge in [-0.3, -0.25) is 4.79 Å². The third kappa shape index (κ3) is 2.15. The van der Waals surface area contributed by atoms with Gasteiger partial charge < -0.3 is 5.11 Å². The second-order valence-electron chi connectivity index (χ2n) is 3.66. The summed E-state index contributed by atoms with van der Waals surface area (Å²) in [4.78, 5) is 21.6. The molecule has 0 atom stereocenters. The van der Waals surface area contributed by atoms with E-state index in [0.717, 1.165) is 6.20 Å². The number of aromatic nitrogens is 1. The van der Waals surface area contributed by atoms with Crippen molar-refractivity contribution in [2.24, 2.45) is 0 Å². The summed E-state index contributed by atoms with van der Waals surface area (Å²) in [6, 6.07) is 8.07. The summed E-state index contributed by atoms with van der Waals surface area (Å²) in [5.41, 5.74) is -0.409. The van der Waals surface area contributed by atoms with Crippen LogP contribution in [-0.2, 0) is 10.0 Å². The van der Waals surface area contributed by atoms with Gasteiger partial charge in [0.1, 0.15) is 5.69 Å². The number of aldehydes is 1. The average molecular weight is 279 g/mol. The molecular formula is C12H9NO5S. The molecule has 1 N–H and O–H groups in total. The van der Waals surface area contributed by atoms with Crippen LogP contribution < -0.4 is 0 Å². The van der Waals surface area contributed by atoms with Crippen LogP contribution in [0.4, 0.5) is 0 Å². The van der Waals surface area contributed by atoms with E-state index < -0.39 is 16.0 Å². The fourth-order valence-corrected chi connectivity index (χ4v) is 3.16. The lowest BCUT2D eigenvalue weighted by atomic mass is 10.2. The summed E-state index contributed by atoms with van der Waals surface area (Å²) in [6.45, 7) is 0. The Morgan fingerprint density at radius 1 is 1.16 bits per heavy atom. The van der Waals surface area contributed by atoms with Crippen LogP contribution in [0.25, 0.3) is 0 Å². The zero-order valence-electron chi connectivity index (χ0n) is 9.55. The zero-order valence-corrected chi connectivity index (χ0v) is 10.4. The van der Waals surface area contributed by atoms with Crippen molar-refractivity contribution in [2.45, 2.75) is 4.90 Å². The molecule has 0 saturated carbocycles. The number of carboxylic acid groups (broad SMARTS) is 1. The Morgan fingerprint density at radius 2 is 1.84 bits per heavy atom. The Labute approximate surface area is 109 Å². The normalized spacial score (nSPS) is 11.2. The van der Waals surface area contributed by atoms with E-state index in [4.69, 9.17) is 5.11 Å². The zero-order chi connectivity index (χ0) is 14.0. The van der Waals surface area contributed by atoms with E-state index in [0.29, 0.717) is 10.3 Å². The van der Waals surface area contributed by atoms with E-state index in [1.807, 2.05) is 0 Å². The Bertz CT molecular complexity index is 745. The van der Waals surface area contributed by atoms with E-state index >= 15 is 0 Å². The number of carbonyl (C=O) groups excluding carboxylic acids is 1. The molecule has 7 heteroatoms. The number of carbonyl (C=O) groups is 2. The minimum atomic E-state index is -4.11. The predicted molar refractivity (Wildman–Crippen MR) is 65.8 cm³/mol. The van der Waals surface area contributed by atoms with Crippen molar-refractivity contribution in [3.63, 3.8) is 0 Å². The maximum atomic E-state index is 12.3. The van der Waals surface area contributed by atoms with E-state index in [1.165, 1.54) is 36.4 Å². The molecule has 0 aliphatic carbocycles. The molecule has 19 heavy (non-hydrogen) atoms. The molecule has 0 unspecified atom stereocenters. The SMILES string of the molecule is O=Cc1ccccc1S(=O)(=O)n1cccc1C(=O)O. The summed E-state index contributed by atoms with van der Waals surface area (Å²) in [5.74, 6) is -1.36. The van der Waals surface area contributed by atoms with Crippen LogP contribution in [-0.4, -0.2) is 29.8 Å². The quantitative estimate of drug-likeness (QED) is 0.850. The molecular weight excluding hydrogens is 270 g/mol. The largest absolute Gasteiger partial charge is 0.477 e. The van der Waals surface area contributed by atoms with Gasteiger partial charge in [-0.25, -0.2) is 17.2 Å². The summed E-state index contributed by atoms with van der Waals surface area (Å²) in [6.07, 6.45) is 1.54. The number of nitrogens with zero attached hydrogens (tertiary/aromatic N) is 1. The highest BCUT2D eigenvalue weighted by Crippen LogP contribution is 2.19. The summed E-state index contributed by atoms with van der Waals surface area (Å²) in [5, 5.41) is 8.94. The molecule has 0 aliphatic heterocycles. The molecule has 2 aromatic rings. The first-order valence-corrected chi connectivity index (χ1v) is 6.63. The molecule has 0 amide bonds. The van der Waals surface area contributed by atoms with Crippen molar-refractivity contribution in [3.05, 3.63) is 53.9 Å². The fourth-order valence-electron chi connectivity index (χ4n) is 1.66. The first-order valence-electron chi connectivity index (χ1n) is 5.19. The Morgan fingerprint density at radius 3 is 2.47 bits per heavy atom. The van der Waals surface area contributed by atoms with Crippen LogP contribution in [0, 0.1) is 0 Å². The lowest BCUT2D eigenvalue weighted by Crippen LogP contribution is -2.18. The Kier molecular flexibility index (Phi) is 3.22. The van der Waals surface area contributed by atoms with Crippen molar-refractivity contribution < 1.29 is 23.1 Å². The van der Waals surface area contributed by atoms with Gasteiger partial charge in [-0.2, -0.15) is 0 Å². The van der Waals surface area contributed by atoms with Gasteiger partial charge in [0.25, 0.3) is 10.0 Å². The van der Waals surface area contributed by atoms with Crippen LogP contribution in [0.3, 0.4) is 0 Å². The third-order valence-electron chi connectivity index (χ3n) is 2.51. The minimum absolute atomic E-state index is 0.0208. The van der Waals surface area contributed by atoms with Gasteiger partial charge in [-0.05, 0) is 18.2 Å². The van der Waals surface area contributed by atoms with Crippen molar-refractivity contribution in [1.29, 1.82) is 0 Å². The van der Waals surface area contributed by atoms with Gasteiger partial charge in [-0.15, -0.1) is 0 Å². The van der Waals surface area contributed by atoms with Crippen LogP contribution in [0.1, 0.15) is 20.8 Å². The molecule has 0 fully saturated rings. The summed E-state index contributed by atoms with van der Waals surface area (Å²) in [7, 11) is -4.11. The first-order chi connectivity index (χ1) is 8.98. The standard InChI is InChI=1S/C12H9NO5S/c14-8-9-4-1-2-6-11(9)19(17,18)13-7-3-5-10(13)12(15)16/h1-8H,(H,15,16). The second kappa shape index (κ2) is 4.69. The number of rotatable bonds is 4. The van der Waals surface area contributed by atoms with Gasteiger partial charge in [0.15, 0.2) is 6.29 Å². The summed E-state index contributed by atoms with van der Waals surface area (Å²) < 4.78 is 25.3. The molecule has 0 saturated heterocycles. The van der Waals surface area contributed by atoms with E-state index in [-0.39, 0.29) is 16.2 Å². The number of hydrogen-bond acceptors (Lipinski definition) is 4. The highest BCUT2D eigenvalue weighted by Gasteiger charge is 2.24. The van der Waals surface area contributed by atoms with Gasteiger partial charge in [0.2, 0.25) is 0 Å². The van der Waals surface area contributed by atoms with Crippen LogP contribution in [0.5, 0.6) is 0 Å². The monoisotopic (exact) mass is 279 g/mol. The summed E-state index contributed by atoms with van der Waals surface area (Å²) >= 11 is 0. The minimum Gasteiger partial charge on any atom is -0.477 e. The number of hydrogen-bond donors (Lipinski definition) is 1. The van der Waals surface area contributed by atoms with Crippen molar-refractivity contribution in [1.82, 2.24) is 3.97 Å². The highest BCUT2D eigenvalue weighted by atomic mass is 32.2. The molecule has 1 aromatic carbocycles. The molecule has 0 spiro atoms. The molecule has 0 aliphatic rings. The highest BCUT2D eigenvalue weighted by molar-refractivity contribution is 7.90. The lowest BCUT2D eigenvalue weighted by molar-refractivity contribution is 0.0689. The van der Waals surface area contributed by atoms with E-state index in [9.17, 15) is 18.0 Å². The lowest BCUT2D eigenvalue weighted by Gasteiger charge is -2.09. The average Bonchev–Trinajstić information content (AvgIpc) is 2.88. The van der Waals surface area contributed by atoms with Crippen LogP contribution in [0.2, 0.25) is 0 Å². The smallest absolute Gasteiger partial charge is 0.353 e. The predicted octanol–water partition coefficient (Wildman–Crippen LogP) is 1.24. The van der Waals surface area contributed by atoms with Gasteiger partial charge in [0.05, 0.1) is 4.90 Å². The second-order valence-corrected chi connectivity index (χ2v) is 5.44. The van der Waals surface area contributed by atoms with Crippen LogP contribution >= 0.6 is 0 Å². The molecule has 98 valence electrons. The first kappa shape index (κ1) is 13.0. The number of benzene rings is 1. The maximum Gasteiger partial charge on any atom is 0.353 e. The van der Waals surface area contributed by atoms with E-state index in [1.54, 1.807) is 0 Å². The molecule has 0 bridgehead atoms.